The van der Waals surface area contributed by atoms with Crippen molar-refractivity contribution in [1.29, 1.82) is 0 Å². The summed E-state index contributed by atoms with van der Waals surface area (Å²) in [6.45, 7) is 0. The van der Waals surface area contributed by atoms with Gasteiger partial charge in [-0.3, -0.25) is 0 Å². The lowest BCUT2D eigenvalue weighted by atomic mass is 9.65. The summed E-state index contributed by atoms with van der Waals surface area (Å²) < 4.78 is 0. The molecule has 2 aliphatic carbocycles. The summed E-state index contributed by atoms with van der Waals surface area (Å²) in [5.41, 5.74) is 20.4. The highest BCUT2D eigenvalue weighted by Gasteiger charge is 2.51. The molecule has 262 valence electrons. The fourth-order valence-electron chi connectivity index (χ4n) is 9.57. The highest BCUT2D eigenvalue weighted by atomic mass is 15.1. The van der Waals surface area contributed by atoms with E-state index in [1.807, 2.05) is 0 Å². The van der Waals surface area contributed by atoms with Gasteiger partial charge in [0.05, 0.1) is 11.1 Å². The Labute approximate surface area is 328 Å². The first kappa shape index (κ1) is 32.2. The average Bonchev–Trinajstić information content (AvgIpc) is 3.53. The topological polar surface area (TPSA) is 3.24 Å². The van der Waals surface area contributed by atoms with Crippen molar-refractivity contribution >= 4 is 17.1 Å². The van der Waals surface area contributed by atoms with Crippen LogP contribution in [0.4, 0.5) is 17.1 Å². The van der Waals surface area contributed by atoms with Crippen molar-refractivity contribution < 1.29 is 0 Å². The Bertz CT molecular complexity index is 2740. The zero-order valence-electron chi connectivity index (χ0n) is 30.8. The molecule has 1 heteroatoms. The smallest absolute Gasteiger partial charge is 0.0746 e. The highest BCUT2D eigenvalue weighted by molar-refractivity contribution is 6.00. The fraction of sp³-hybridized carbons (Fsp3) is 0.0182. The van der Waals surface area contributed by atoms with E-state index in [1.165, 1.54) is 77.9 Å². The minimum Gasteiger partial charge on any atom is -0.310 e. The second-order valence-electron chi connectivity index (χ2n) is 14.8. The van der Waals surface area contributed by atoms with Gasteiger partial charge in [-0.15, -0.1) is 0 Å². The van der Waals surface area contributed by atoms with Gasteiger partial charge < -0.3 is 4.90 Å². The van der Waals surface area contributed by atoms with Crippen molar-refractivity contribution in [1.82, 2.24) is 0 Å². The Morgan fingerprint density at radius 1 is 0.250 bits per heavy atom. The molecule has 0 N–H and O–H groups in total. The van der Waals surface area contributed by atoms with Gasteiger partial charge in [0.1, 0.15) is 0 Å². The molecular formula is C55H37N. The van der Waals surface area contributed by atoms with Crippen molar-refractivity contribution in [3.05, 3.63) is 247 Å². The van der Waals surface area contributed by atoms with E-state index in [1.54, 1.807) is 0 Å². The van der Waals surface area contributed by atoms with Crippen LogP contribution < -0.4 is 4.90 Å². The second-order valence-corrected chi connectivity index (χ2v) is 14.8. The molecule has 0 heterocycles. The van der Waals surface area contributed by atoms with E-state index in [9.17, 15) is 0 Å². The molecule has 0 atom stereocenters. The van der Waals surface area contributed by atoms with Gasteiger partial charge in [0.15, 0.2) is 0 Å². The van der Waals surface area contributed by atoms with Crippen molar-refractivity contribution in [2.75, 3.05) is 4.90 Å². The van der Waals surface area contributed by atoms with E-state index in [2.05, 4.69) is 229 Å². The quantitative estimate of drug-likeness (QED) is 0.172. The molecule has 2 aliphatic rings. The Kier molecular flexibility index (Phi) is 7.47. The van der Waals surface area contributed by atoms with E-state index in [4.69, 9.17) is 0 Å². The predicted molar refractivity (Wildman–Crippen MR) is 234 cm³/mol. The Morgan fingerprint density at radius 3 is 1.04 bits per heavy atom. The number of rotatable bonds is 5. The van der Waals surface area contributed by atoms with E-state index < -0.39 is 5.41 Å². The molecule has 0 saturated carbocycles. The van der Waals surface area contributed by atoms with Crippen LogP contribution in [0.1, 0.15) is 22.3 Å². The van der Waals surface area contributed by atoms with Gasteiger partial charge in [-0.05, 0) is 103 Å². The number of hydrogen-bond donors (Lipinski definition) is 0. The van der Waals surface area contributed by atoms with Gasteiger partial charge in [-0.25, -0.2) is 0 Å². The zero-order chi connectivity index (χ0) is 37.1. The maximum absolute atomic E-state index is 2.49. The summed E-state index contributed by atoms with van der Waals surface area (Å²) in [6.07, 6.45) is 0. The van der Waals surface area contributed by atoms with Crippen LogP contribution in [0, 0.1) is 0 Å². The van der Waals surface area contributed by atoms with Gasteiger partial charge in [0, 0.05) is 16.9 Å². The third-order valence-electron chi connectivity index (χ3n) is 11.9. The molecule has 0 radical (unpaired) electrons. The molecule has 0 bridgehead atoms. The molecule has 9 aromatic carbocycles. The third kappa shape index (κ3) is 4.81. The summed E-state index contributed by atoms with van der Waals surface area (Å²) in [4.78, 5) is 2.49. The van der Waals surface area contributed by atoms with Gasteiger partial charge in [0.2, 0.25) is 0 Å². The van der Waals surface area contributed by atoms with Crippen LogP contribution in [-0.2, 0) is 5.41 Å². The Morgan fingerprint density at radius 2 is 0.589 bits per heavy atom. The molecule has 1 nitrogen and oxygen atoms in total. The van der Waals surface area contributed by atoms with Crippen molar-refractivity contribution in [2.24, 2.45) is 0 Å². The number of nitrogens with zero attached hydrogens (tertiary/aromatic N) is 1. The molecule has 0 fully saturated rings. The fourth-order valence-corrected chi connectivity index (χ4v) is 9.57. The summed E-state index contributed by atoms with van der Waals surface area (Å²) in [6, 6.07) is 82.7. The van der Waals surface area contributed by atoms with Gasteiger partial charge >= 0.3 is 0 Å². The third-order valence-corrected chi connectivity index (χ3v) is 11.9. The molecule has 1 spiro atoms. The van der Waals surface area contributed by atoms with Crippen LogP contribution in [0.5, 0.6) is 0 Å². The summed E-state index contributed by atoms with van der Waals surface area (Å²) >= 11 is 0. The first-order chi connectivity index (χ1) is 27.8. The SMILES string of the molecule is c1ccc(-c2ccc(N(c3ccc(-c4ccccc4)cc3)c3cccc4c3C3(c5ccccc5-c5ccccc5-c5ccccc53)c3ccccc3-4)cc2)cc1. The van der Waals surface area contributed by atoms with E-state index in [-0.39, 0.29) is 0 Å². The number of benzene rings is 9. The highest BCUT2D eigenvalue weighted by Crippen LogP contribution is 2.64. The number of hydrogen-bond acceptors (Lipinski definition) is 1. The van der Waals surface area contributed by atoms with Crippen LogP contribution >= 0.6 is 0 Å². The van der Waals surface area contributed by atoms with Gasteiger partial charge in [-0.2, -0.15) is 0 Å². The maximum atomic E-state index is 2.49. The van der Waals surface area contributed by atoms with Gasteiger partial charge in [-0.1, -0.05) is 194 Å². The van der Waals surface area contributed by atoms with Crippen molar-refractivity contribution in [3.8, 4) is 55.6 Å². The van der Waals surface area contributed by atoms with Crippen LogP contribution in [0.25, 0.3) is 55.6 Å². The largest absolute Gasteiger partial charge is 0.310 e. The van der Waals surface area contributed by atoms with Crippen LogP contribution in [0.3, 0.4) is 0 Å². The lowest BCUT2D eigenvalue weighted by Crippen LogP contribution is -2.31. The summed E-state index contributed by atoms with van der Waals surface area (Å²) in [7, 11) is 0. The molecule has 0 unspecified atom stereocenters. The lowest BCUT2D eigenvalue weighted by molar-refractivity contribution is 0.775. The number of anilines is 3. The zero-order valence-corrected chi connectivity index (χ0v) is 30.8. The predicted octanol–water partition coefficient (Wildman–Crippen LogP) is 14.5. The molecule has 9 aromatic rings. The molecule has 0 aromatic heterocycles. The maximum Gasteiger partial charge on any atom is 0.0746 e. The van der Waals surface area contributed by atoms with Crippen molar-refractivity contribution in [3.63, 3.8) is 0 Å². The van der Waals surface area contributed by atoms with Crippen LogP contribution in [0.15, 0.2) is 224 Å². The first-order valence-electron chi connectivity index (χ1n) is 19.4. The molecule has 0 aliphatic heterocycles. The van der Waals surface area contributed by atoms with Crippen LogP contribution in [0.2, 0.25) is 0 Å². The molecule has 56 heavy (non-hydrogen) atoms. The minimum atomic E-state index is -0.610. The summed E-state index contributed by atoms with van der Waals surface area (Å²) in [5, 5.41) is 0. The first-order valence-corrected chi connectivity index (χ1v) is 19.4. The molecule has 11 rings (SSSR count). The second kappa shape index (κ2) is 13.0. The standard InChI is InChI=1S/C55H37N/c1-3-16-38(17-4-1)40-30-34-42(35-31-40)56(43-36-32-41(33-37-43)39-18-5-2-6-19-39)53-29-15-25-49-48-24-11-14-28-52(48)55(54(49)53)50-26-12-9-22-46(50)44-20-7-8-21-45(44)47-23-10-13-27-51(47)55/h1-37H. The monoisotopic (exact) mass is 711 g/mol. The molecule has 0 amide bonds. The number of fused-ring (bicyclic) bond motifs is 12. The summed E-state index contributed by atoms with van der Waals surface area (Å²) in [5.74, 6) is 0. The Balaban J connectivity index is 1.22. The van der Waals surface area contributed by atoms with E-state index in [0.717, 1.165) is 17.1 Å². The lowest BCUT2D eigenvalue weighted by Gasteiger charge is -2.38. The normalized spacial score (nSPS) is 12.8. The van der Waals surface area contributed by atoms with E-state index >= 15 is 0 Å². The van der Waals surface area contributed by atoms with Crippen molar-refractivity contribution in [2.45, 2.75) is 5.41 Å². The minimum absolute atomic E-state index is 0.610. The molecular weight excluding hydrogens is 675 g/mol. The van der Waals surface area contributed by atoms with Crippen LogP contribution in [-0.4, -0.2) is 0 Å². The Hall–Kier alpha value is -7.22. The molecule has 0 saturated heterocycles. The average molecular weight is 712 g/mol. The van der Waals surface area contributed by atoms with Gasteiger partial charge in [0.25, 0.3) is 0 Å². The van der Waals surface area contributed by atoms with E-state index in [0.29, 0.717) is 0 Å².